The molecule has 3 rings (SSSR count). The number of rotatable bonds is 13. The van der Waals surface area contributed by atoms with Gasteiger partial charge in [0, 0.05) is 24.8 Å². The Bertz CT molecular complexity index is 1160. The van der Waals surface area contributed by atoms with E-state index in [4.69, 9.17) is 9.84 Å². The fourth-order valence-corrected chi connectivity index (χ4v) is 3.89. The number of hydrogen-bond acceptors (Lipinski definition) is 4. The Labute approximate surface area is 211 Å². The van der Waals surface area contributed by atoms with Gasteiger partial charge in [-0.1, -0.05) is 62.4 Å². The quantitative estimate of drug-likeness (QED) is 0.281. The summed E-state index contributed by atoms with van der Waals surface area (Å²) in [6.07, 6.45) is 4.87. The number of ether oxygens (including phenoxy) is 1. The zero-order valence-corrected chi connectivity index (χ0v) is 20.7. The molecule has 190 valence electrons. The Kier molecular flexibility index (Phi) is 9.17. The van der Waals surface area contributed by atoms with Gasteiger partial charge in [-0.15, -0.1) is 0 Å². The Morgan fingerprint density at radius 1 is 1.11 bits per heavy atom. The summed E-state index contributed by atoms with van der Waals surface area (Å²) in [4.78, 5) is 17.6. The van der Waals surface area contributed by atoms with Crippen LogP contribution in [0.2, 0.25) is 0 Å². The zero-order valence-electron chi connectivity index (χ0n) is 20.7. The number of carbonyl (C=O) groups is 1. The first-order chi connectivity index (χ1) is 17.2. The molecule has 0 saturated carbocycles. The molecule has 0 unspecified atom stereocenters. The molecule has 0 amide bonds. The van der Waals surface area contributed by atoms with E-state index < -0.39 is 11.9 Å². The molecule has 1 N–H and O–H groups in total. The van der Waals surface area contributed by atoms with Crippen LogP contribution in [0.25, 0.3) is 0 Å². The van der Waals surface area contributed by atoms with Crippen molar-refractivity contribution < 1.29 is 23.4 Å². The van der Waals surface area contributed by atoms with Crippen LogP contribution in [0.4, 0.5) is 14.6 Å². The molecule has 0 aliphatic carbocycles. The Morgan fingerprint density at radius 3 is 2.44 bits per heavy atom. The Morgan fingerprint density at radius 2 is 1.83 bits per heavy atom. The number of carboxylic acids is 1. The standard InChI is InChI=1S/C29H32F2N2O3/c1-4-6-24-17-22(10-13-26(24)36-20-28(34)35)15-16-33(27-14-7-21(3)18-32-27)19-23-8-11-25(12-9-23)29(30,31)5-2/h5,7-14,17-18H,2,4,6,15-16,19-20H2,1,3H3,(H,34,35). The third kappa shape index (κ3) is 7.38. The predicted molar refractivity (Wildman–Crippen MR) is 138 cm³/mol. The molecule has 0 aliphatic rings. The van der Waals surface area contributed by atoms with E-state index in [2.05, 4.69) is 29.5 Å². The van der Waals surface area contributed by atoms with Crippen molar-refractivity contribution in [1.29, 1.82) is 0 Å². The van der Waals surface area contributed by atoms with E-state index in [0.29, 0.717) is 24.9 Å². The largest absolute Gasteiger partial charge is 0.482 e. The number of allylic oxidation sites excluding steroid dienone is 1. The molecule has 1 aromatic heterocycles. The van der Waals surface area contributed by atoms with E-state index in [1.165, 1.54) is 12.1 Å². The van der Waals surface area contributed by atoms with Crippen LogP contribution in [0.5, 0.6) is 5.75 Å². The van der Waals surface area contributed by atoms with Gasteiger partial charge in [0.2, 0.25) is 0 Å². The van der Waals surface area contributed by atoms with Crippen LogP contribution >= 0.6 is 0 Å². The number of hydrogen-bond donors (Lipinski definition) is 1. The monoisotopic (exact) mass is 494 g/mol. The fourth-order valence-electron chi connectivity index (χ4n) is 3.89. The highest BCUT2D eigenvalue weighted by Gasteiger charge is 2.26. The molecule has 0 atom stereocenters. The minimum absolute atomic E-state index is 0.0880. The molecule has 5 nitrogen and oxygen atoms in total. The number of alkyl halides is 2. The molecule has 0 fully saturated rings. The van der Waals surface area contributed by atoms with Crippen LogP contribution in [0.15, 0.2) is 73.4 Å². The second kappa shape index (κ2) is 12.3. The predicted octanol–water partition coefficient (Wildman–Crippen LogP) is 6.33. The lowest BCUT2D eigenvalue weighted by atomic mass is 10.0. The maximum atomic E-state index is 13.9. The van der Waals surface area contributed by atoms with Crippen molar-refractivity contribution in [2.75, 3.05) is 18.1 Å². The highest BCUT2D eigenvalue weighted by atomic mass is 19.3. The van der Waals surface area contributed by atoms with Gasteiger partial charge in [0.1, 0.15) is 11.6 Å². The molecule has 0 bridgehead atoms. The van der Waals surface area contributed by atoms with Crippen LogP contribution in [0.1, 0.15) is 41.2 Å². The summed E-state index contributed by atoms with van der Waals surface area (Å²) >= 11 is 0. The number of anilines is 1. The third-order valence-electron chi connectivity index (χ3n) is 5.85. The van der Waals surface area contributed by atoms with E-state index in [1.54, 1.807) is 12.1 Å². The maximum absolute atomic E-state index is 13.9. The van der Waals surface area contributed by atoms with Crippen molar-refractivity contribution >= 4 is 11.8 Å². The first kappa shape index (κ1) is 26.9. The summed E-state index contributed by atoms with van der Waals surface area (Å²) in [7, 11) is 0. The van der Waals surface area contributed by atoms with Gasteiger partial charge in [-0.25, -0.2) is 9.78 Å². The molecule has 36 heavy (non-hydrogen) atoms. The van der Waals surface area contributed by atoms with Crippen LogP contribution in [0.3, 0.4) is 0 Å². The minimum atomic E-state index is -3.06. The van der Waals surface area contributed by atoms with Crippen molar-refractivity contribution in [1.82, 2.24) is 4.98 Å². The van der Waals surface area contributed by atoms with Gasteiger partial charge >= 0.3 is 5.97 Å². The van der Waals surface area contributed by atoms with E-state index in [1.807, 2.05) is 37.4 Å². The van der Waals surface area contributed by atoms with E-state index in [-0.39, 0.29) is 12.2 Å². The Balaban J connectivity index is 1.79. The number of aryl methyl sites for hydroxylation is 2. The van der Waals surface area contributed by atoms with Gasteiger partial charge < -0.3 is 14.7 Å². The normalized spacial score (nSPS) is 11.2. The molecule has 0 spiro atoms. The molecule has 7 heteroatoms. The lowest BCUT2D eigenvalue weighted by molar-refractivity contribution is -0.139. The highest BCUT2D eigenvalue weighted by Crippen LogP contribution is 2.29. The van der Waals surface area contributed by atoms with Crippen LogP contribution in [-0.2, 0) is 30.1 Å². The summed E-state index contributed by atoms with van der Waals surface area (Å²) in [6, 6.07) is 16.1. The van der Waals surface area contributed by atoms with Gasteiger partial charge in [0.05, 0.1) is 0 Å². The van der Waals surface area contributed by atoms with Gasteiger partial charge in [-0.2, -0.15) is 8.78 Å². The number of nitrogens with zero attached hydrogens (tertiary/aromatic N) is 2. The number of aromatic nitrogens is 1. The topological polar surface area (TPSA) is 62.7 Å². The molecule has 2 aromatic carbocycles. The summed E-state index contributed by atoms with van der Waals surface area (Å²) in [6.45, 7) is 8.05. The van der Waals surface area contributed by atoms with E-state index >= 15 is 0 Å². The molecule has 0 aliphatic heterocycles. The number of pyridine rings is 1. The van der Waals surface area contributed by atoms with Gasteiger partial charge in [0.25, 0.3) is 5.92 Å². The zero-order chi connectivity index (χ0) is 26.1. The summed E-state index contributed by atoms with van der Waals surface area (Å²) < 4.78 is 33.3. The first-order valence-corrected chi connectivity index (χ1v) is 12.0. The lowest BCUT2D eigenvalue weighted by Gasteiger charge is -2.25. The summed E-state index contributed by atoms with van der Waals surface area (Å²) in [5, 5.41) is 8.93. The first-order valence-electron chi connectivity index (χ1n) is 12.0. The van der Waals surface area contributed by atoms with Gasteiger partial charge in [-0.3, -0.25) is 0 Å². The second-order valence-electron chi connectivity index (χ2n) is 8.76. The average Bonchev–Trinajstić information content (AvgIpc) is 2.87. The van der Waals surface area contributed by atoms with Crippen molar-refractivity contribution in [3.05, 3.63) is 101 Å². The highest BCUT2D eigenvalue weighted by molar-refractivity contribution is 5.68. The SMILES string of the molecule is C=CC(F)(F)c1ccc(CN(CCc2ccc(OCC(=O)O)c(CCC)c2)c2ccc(C)cn2)cc1. The number of benzene rings is 2. The second-order valence-corrected chi connectivity index (χ2v) is 8.76. The number of halogens is 2. The summed E-state index contributed by atoms with van der Waals surface area (Å²) in [5.41, 5.74) is 3.94. The number of carboxylic acid groups (broad SMARTS) is 1. The van der Waals surface area contributed by atoms with Crippen LogP contribution in [0, 0.1) is 6.92 Å². The van der Waals surface area contributed by atoms with Crippen molar-refractivity contribution in [2.24, 2.45) is 0 Å². The van der Waals surface area contributed by atoms with Crippen LogP contribution in [-0.4, -0.2) is 29.2 Å². The van der Waals surface area contributed by atoms with E-state index in [0.717, 1.165) is 47.3 Å². The average molecular weight is 495 g/mol. The van der Waals surface area contributed by atoms with Gasteiger partial charge in [0.15, 0.2) is 6.61 Å². The fraction of sp³-hybridized carbons (Fsp3) is 0.310. The van der Waals surface area contributed by atoms with E-state index in [9.17, 15) is 13.6 Å². The minimum Gasteiger partial charge on any atom is -0.482 e. The summed E-state index contributed by atoms with van der Waals surface area (Å²) in [5.74, 6) is -2.68. The lowest BCUT2D eigenvalue weighted by Crippen LogP contribution is -2.26. The molecule has 0 saturated heterocycles. The molecule has 3 aromatic rings. The molecule has 0 radical (unpaired) electrons. The van der Waals surface area contributed by atoms with Crippen LogP contribution < -0.4 is 9.64 Å². The van der Waals surface area contributed by atoms with Crippen molar-refractivity contribution in [3.63, 3.8) is 0 Å². The molecular weight excluding hydrogens is 462 g/mol. The Hall–Kier alpha value is -3.74. The van der Waals surface area contributed by atoms with Crippen molar-refractivity contribution in [3.8, 4) is 5.75 Å². The van der Waals surface area contributed by atoms with Gasteiger partial charge in [-0.05, 0) is 60.2 Å². The van der Waals surface area contributed by atoms with Crippen molar-refractivity contribution in [2.45, 2.75) is 45.6 Å². The maximum Gasteiger partial charge on any atom is 0.341 e. The molecule has 1 heterocycles. The smallest absolute Gasteiger partial charge is 0.341 e. The third-order valence-corrected chi connectivity index (χ3v) is 5.85. The number of aliphatic carboxylic acids is 1. The molecular formula is C29H32F2N2O3.